The molecular formula is C20H33F3O2S. The summed E-state index contributed by atoms with van der Waals surface area (Å²) in [4.78, 5) is -0.440. The van der Waals surface area contributed by atoms with Crippen LogP contribution in [0.4, 0.5) is 11.7 Å². The lowest BCUT2D eigenvalue weighted by molar-refractivity contribution is 0.0802. The first-order valence-electron chi connectivity index (χ1n) is 9.14. The van der Waals surface area contributed by atoms with Gasteiger partial charge in [-0.1, -0.05) is 32.9 Å². The van der Waals surface area contributed by atoms with Gasteiger partial charge in [0.2, 0.25) is 11.2 Å². The van der Waals surface area contributed by atoms with E-state index in [0.717, 1.165) is 5.56 Å². The maximum absolute atomic E-state index is 13.9. The highest BCUT2D eigenvalue weighted by molar-refractivity contribution is 8.21. The van der Waals surface area contributed by atoms with Gasteiger partial charge in [0.25, 0.3) is 0 Å². The topological polar surface area (TPSA) is 18.5 Å². The van der Waals surface area contributed by atoms with E-state index in [9.17, 15) is 11.7 Å². The molecule has 0 aliphatic carbocycles. The maximum atomic E-state index is 13.9. The minimum atomic E-state index is -5.34. The molecule has 0 saturated heterocycles. The SMILES string of the molecule is CC(C)OCCc1cc(C(C)(C)C)cc(CCOC(C)C)c1S(F)(F)F. The predicted octanol–water partition coefficient (Wildman–Crippen LogP) is 6.74. The molecule has 152 valence electrons. The third-order valence-corrected chi connectivity index (χ3v) is 4.97. The molecule has 6 heteroatoms. The van der Waals surface area contributed by atoms with Crippen molar-refractivity contribution in [1.82, 2.24) is 0 Å². The van der Waals surface area contributed by atoms with Gasteiger partial charge in [-0.05, 0) is 62.6 Å². The number of halogens is 3. The van der Waals surface area contributed by atoms with E-state index in [1.165, 1.54) is 0 Å². The van der Waals surface area contributed by atoms with Crippen LogP contribution in [0.1, 0.15) is 65.2 Å². The largest absolute Gasteiger partial charge is 0.378 e. The van der Waals surface area contributed by atoms with Crippen molar-refractivity contribution < 1.29 is 21.1 Å². The van der Waals surface area contributed by atoms with Crippen LogP contribution in [0.5, 0.6) is 0 Å². The Labute approximate surface area is 158 Å². The van der Waals surface area contributed by atoms with Crippen molar-refractivity contribution in [3.8, 4) is 0 Å². The van der Waals surface area contributed by atoms with Crippen molar-refractivity contribution in [2.75, 3.05) is 13.2 Å². The minimum Gasteiger partial charge on any atom is -0.378 e. The van der Waals surface area contributed by atoms with Crippen LogP contribution >= 0.6 is 11.2 Å². The summed E-state index contributed by atoms with van der Waals surface area (Å²) >= 11 is -5.34. The van der Waals surface area contributed by atoms with E-state index in [1.54, 1.807) is 12.1 Å². The molecule has 1 aromatic carbocycles. The molecule has 0 unspecified atom stereocenters. The van der Waals surface area contributed by atoms with Crippen molar-refractivity contribution in [1.29, 1.82) is 0 Å². The second kappa shape index (κ2) is 9.47. The Morgan fingerprint density at radius 3 is 1.50 bits per heavy atom. The summed E-state index contributed by atoms with van der Waals surface area (Å²) in [6.07, 6.45) is 0.534. The first-order chi connectivity index (χ1) is 11.8. The fourth-order valence-corrected chi connectivity index (χ4v) is 3.58. The average molecular weight is 395 g/mol. The summed E-state index contributed by atoms with van der Waals surface area (Å²) in [5.41, 5.74) is 1.39. The Morgan fingerprint density at radius 2 is 1.23 bits per heavy atom. The molecule has 2 nitrogen and oxygen atoms in total. The molecule has 0 amide bonds. The minimum absolute atomic E-state index is 0.00129. The van der Waals surface area contributed by atoms with Crippen LogP contribution in [0.15, 0.2) is 17.0 Å². The molecule has 0 aliphatic rings. The van der Waals surface area contributed by atoms with Gasteiger partial charge >= 0.3 is 0 Å². The third-order valence-electron chi connectivity index (χ3n) is 3.99. The zero-order valence-electron chi connectivity index (χ0n) is 17.0. The molecule has 0 N–H and O–H groups in total. The molecule has 0 aromatic heterocycles. The van der Waals surface area contributed by atoms with E-state index in [1.807, 2.05) is 48.5 Å². The van der Waals surface area contributed by atoms with Crippen LogP contribution < -0.4 is 0 Å². The molecular weight excluding hydrogens is 361 g/mol. The first-order valence-corrected chi connectivity index (χ1v) is 10.5. The standard InChI is InChI=1S/C20H33F3O2S/c1-14(2)24-10-8-16-12-18(20(5,6)7)13-17(9-11-25-15(3)4)19(16)26(21,22)23/h12-15H,8-11H2,1-7H3. The van der Waals surface area contributed by atoms with Crippen molar-refractivity contribution in [3.05, 3.63) is 28.8 Å². The smallest absolute Gasteiger partial charge is 0.238 e. The summed E-state index contributed by atoms with van der Waals surface area (Å²) in [6, 6.07) is 3.43. The van der Waals surface area contributed by atoms with Gasteiger partial charge in [-0.3, -0.25) is 0 Å². The van der Waals surface area contributed by atoms with E-state index in [-0.39, 0.29) is 43.7 Å². The number of rotatable bonds is 9. The van der Waals surface area contributed by atoms with Gasteiger partial charge in [-0.2, -0.15) is 0 Å². The number of benzene rings is 1. The highest BCUT2D eigenvalue weighted by atomic mass is 32.3. The fourth-order valence-electron chi connectivity index (χ4n) is 2.67. The van der Waals surface area contributed by atoms with E-state index in [2.05, 4.69) is 0 Å². The Kier molecular flexibility index (Phi) is 8.49. The van der Waals surface area contributed by atoms with Gasteiger partial charge < -0.3 is 9.47 Å². The van der Waals surface area contributed by atoms with Crippen LogP contribution in [0.25, 0.3) is 0 Å². The molecule has 0 radical (unpaired) electrons. The van der Waals surface area contributed by atoms with Crippen LogP contribution in [-0.2, 0) is 27.7 Å². The zero-order valence-corrected chi connectivity index (χ0v) is 17.8. The van der Waals surface area contributed by atoms with Crippen molar-refractivity contribution >= 4 is 11.2 Å². The van der Waals surface area contributed by atoms with Gasteiger partial charge in [0.15, 0.2) is 0 Å². The highest BCUT2D eigenvalue weighted by Gasteiger charge is 2.32. The normalized spacial score (nSPS) is 13.7. The van der Waals surface area contributed by atoms with E-state index < -0.39 is 16.1 Å². The molecule has 0 saturated carbocycles. The van der Waals surface area contributed by atoms with Crippen LogP contribution in [0.3, 0.4) is 0 Å². The molecule has 1 aromatic rings. The van der Waals surface area contributed by atoms with Crippen LogP contribution in [0, 0.1) is 0 Å². The average Bonchev–Trinajstić information content (AvgIpc) is 2.43. The predicted molar refractivity (Wildman–Crippen MR) is 104 cm³/mol. The highest BCUT2D eigenvalue weighted by Crippen LogP contribution is 2.63. The fraction of sp³-hybridized carbons (Fsp3) is 0.700. The molecule has 0 bridgehead atoms. The van der Waals surface area contributed by atoms with Crippen molar-refractivity contribution in [3.63, 3.8) is 0 Å². The molecule has 0 spiro atoms. The molecule has 0 fully saturated rings. The van der Waals surface area contributed by atoms with Crippen molar-refractivity contribution in [2.45, 2.75) is 83.8 Å². The number of hydrogen-bond acceptors (Lipinski definition) is 2. The Hall–Kier alpha value is -0.720. The van der Waals surface area contributed by atoms with Gasteiger partial charge in [-0.25, -0.2) is 0 Å². The molecule has 1 rings (SSSR count). The number of ether oxygens (including phenoxy) is 2. The second-order valence-corrected chi connectivity index (χ2v) is 9.34. The molecule has 26 heavy (non-hydrogen) atoms. The van der Waals surface area contributed by atoms with Gasteiger partial charge in [-0.15, -0.1) is 11.7 Å². The lowest BCUT2D eigenvalue weighted by Gasteiger charge is -2.26. The summed E-state index contributed by atoms with van der Waals surface area (Å²) in [6.45, 7) is 14.2. The van der Waals surface area contributed by atoms with Gasteiger partial charge in [0, 0.05) is 0 Å². The zero-order chi connectivity index (χ0) is 20.1. The van der Waals surface area contributed by atoms with Gasteiger partial charge in [0.1, 0.15) is 0 Å². The quantitative estimate of drug-likeness (QED) is 0.462. The Balaban J connectivity index is 3.32. The lowest BCUT2D eigenvalue weighted by Crippen LogP contribution is -2.16. The van der Waals surface area contributed by atoms with Crippen LogP contribution in [-0.4, -0.2) is 25.4 Å². The van der Waals surface area contributed by atoms with Gasteiger partial charge in [0.05, 0.1) is 30.3 Å². The summed E-state index contributed by atoms with van der Waals surface area (Å²) in [7, 11) is 0. The number of hydrogen-bond donors (Lipinski definition) is 0. The molecule has 0 aliphatic heterocycles. The molecule has 0 atom stereocenters. The Morgan fingerprint density at radius 1 is 0.846 bits per heavy atom. The summed E-state index contributed by atoms with van der Waals surface area (Å²) < 4.78 is 52.7. The monoisotopic (exact) mass is 394 g/mol. The van der Waals surface area contributed by atoms with Crippen LogP contribution in [0.2, 0.25) is 0 Å². The van der Waals surface area contributed by atoms with E-state index in [4.69, 9.17) is 9.47 Å². The first kappa shape index (κ1) is 23.3. The van der Waals surface area contributed by atoms with E-state index in [0.29, 0.717) is 11.1 Å². The lowest BCUT2D eigenvalue weighted by atomic mass is 9.84. The summed E-state index contributed by atoms with van der Waals surface area (Å²) in [5, 5.41) is 0. The maximum Gasteiger partial charge on any atom is 0.238 e. The molecule has 0 heterocycles. The third kappa shape index (κ3) is 7.49. The van der Waals surface area contributed by atoms with Crippen molar-refractivity contribution in [2.24, 2.45) is 0 Å². The van der Waals surface area contributed by atoms with E-state index >= 15 is 0 Å². The summed E-state index contributed by atoms with van der Waals surface area (Å²) in [5.74, 6) is 0. The Bertz CT molecular complexity index is 540. The second-order valence-electron chi connectivity index (χ2n) is 8.12.